The smallest absolute Gasteiger partial charge is 0.411 e. The van der Waals surface area contributed by atoms with Crippen LogP contribution in [0.1, 0.15) is 31.2 Å². The first-order chi connectivity index (χ1) is 11.9. The number of alkyl halides is 3. The Hall–Kier alpha value is -1.96. The van der Waals surface area contributed by atoms with Crippen molar-refractivity contribution in [3.8, 4) is 5.75 Å². The number of carbonyl (C=O) groups is 1. The maximum Gasteiger partial charge on any atom is 0.411 e. The van der Waals surface area contributed by atoms with E-state index in [-0.39, 0.29) is 12.1 Å². The normalized spacial score (nSPS) is 20.8. The Kier molecular flexibility index (Phi) is 6.92. The second kappa shape index (κ2) is 8.94. The molecule has 2 atom stereocenters. The summed E-state index contributed by atoms with van der Waals surface area (Å²) in [5, 5.41) is 5.55. The molecule has 0 bridgehead atoms. The van der Waals surface area contributed by atoms with Gasteiger partial charge in [-0.1, -0.05) is 12.1 Å². The van der Waals surface area contributed by atoms with Crippen molar-refractivity contribution in [2.24, 2.45) is 0 Å². The number of hydrogen-bond acceptors (Lipinski definition) is 3. The molecule has 0 aromatic heterocycles. The topological polar surface area (TPSA) is 59.6 Å². The lowest BCUT2D eigenvalue weighted by atomic mass is 9.93. The molecule has 1 saturated carbocycles. The molecule has 0 radical (unpaired) electrons. The van der Waals surface area contributed by atoms with E-state index in [4.69, 9.17) is 9.47 Å². The van der Waals surface area contributed by atoms with E-state index in [1.807, 2.05) is 12.1 Å². The highest BCUT2D eigenvalue weighted by Gasteiger charge is 2.31. The van der Waals surface area contributed by atoms with E-state index in [1.54, 1.807) is 19.2 Å². The number of methoxy groups -OCH3 is 1. The quantitative estimate of drug-likeness (QED) is 0.818. The zero-order valence-electron chi connectivity index (χ0n) is 14.1. The minimum Gasteiger partial charge on any atom is -0.497 e. The van der Waals surface area contributed by atoms with Gasteiger partial charge in [-0.3, -0.25) is 0 Å². The summed E-state index contributed by atoms with van der Waals surface area (Å²) in [7, 11) is 1.58. The molecule has 0 heterocycles. The lowest BCUT2D eigenvalue weighted by Gasteiger charge is -2.30. The fourth-order valence-corrected chi connectivity index (χ4v) is 2.80. The number of halogens is 3. The predicted molar refractivity (Wildman–Crippen MR) is 86.4 cm³/mol. The maximum absolute atomic E-state index is 12.2. The van der Waals surface area contributed by atoms with Crippen molar-refractivity contribution in [2.75, 3.05) is 13.7 Å². The van der Waals surface area contributed by atoms with Crippen molar-refractivity contribution in [3.05, 3.63) is 29.8 Å². The minimum atomic E-state index is -4.32. The molecule has 1 fully saturated rings. The van der Waals surface area contributed by atoms with Crippen LogP contribution in [0.15, 0.2) is 24.3 Å². The SMILES string of the molecule is COc1ccc(CNC(=O)NC2CCCC(OCC(F)(F)F)C2)cc1. The molecule has 0 spiro atoms. The van der Waals surface area contributed by atoms with Crippen molar-refractivity contribution in [1.82, 2.24) is 10.6 Å². The van der Waals surface area contributed by atoms with Crippen LogP contribution < -0.4 is 15.4 Å². The van der Waals surface area contributed by atoms with Crippen molar-refractivity contribution in [1.29, 1.82) is 0 Å². The lowest BCUT2D eigenvalue weighted by molar-refractivity contribution is -0.188. The average molecular weight is 360 g/mol. The van der Waals surface area contributed by atoms with Gasteiger partial charge < -0.3 is 20.1 Å². The number of amides is 2. The van der Waals surface area contributed by atoms with Gasteiger partial charge in [0.05, 0.1) is 13.2 Å². The number of benzene rings is 1. The van der Waals surface area contributed by atoms with Crippen molar-refractivity contribution < 1.29 is 27.4 Å². The van der Waals surface area contributed by atoms with Crippen LogP contribution in [0.4, 0.5) is 18.0 Å². The van der Waals surface area contributed by atoms with Gasteiger partial charge in [0.25, 0.3) is 0 Å². The average Bonchev–Trinajstić information content (AvgIpc) is 2.58. The highest BCUT2D eigenvalue weighted by atomic mass is 19.4. The van der Waals surface area contributed by atoms with Crippen LogP contribution in [-0.2, 0) is 11.3 Å². The summed E-state index contributed by atoms with van der Waals surface area (Å²) in [6.45, 7) is -0.884. The van der Waals surface area contributed by atoms with E-state index in [9.17, 15) is 18.0 Å². The van der Waals surface area contributed by atoms with Gasteiger partial charge in [0.2, 0.25) is 0 Å². The zero-order valence-corrected chi connectivity index (χ0v) is 14.1. The Balaban J connectivity index is 1.71. The number of rotatable bonds is 6. The van der Waals surface area contributed by atoms with Gasteiger partial charge >= 0.3 is 12.2 Å². The monoisotopic (exact) mass is 360 g/mol. The lowest BCUT2D eigenvalue weighted by Crippen LogP contribution is -2.45. The van der Waals surface area contributed by atoms with Gasteiger partial charge in [-0.25, -0.2) is 4.79 Å². The van der Waals surface area contributed by atoms with Crippen molar-refractivity contribution in [3.63, 3.8) is 0 Å². The van der Waals surface area contributed by atoms with Gasteiger partial charge in [0.1, 0.15) is 12.4 Å². The summed E-state index contributed by atoms with van der Waals surface area (Å²) in [5.74, 6) is 0.736. The summed E-state index contributed by atoms with van der Waals surface area (Å²) in [6.07, 6.45) is -2.35. The summed E-state index contributed by atoms with van der Waals surface area (Å²) in [4.78, 5) is 12.0. The molecule has 2 unspecified atom stereocenters. The maximum atomic E-state index is 12.2. The van der Waals surface area contributed by atoms with Crippen LogP contribution in [-0.4, -0.2) is 38.1 Å². The summed E-state index contributed by atoms with van der Waals surface area (Å²) in [6, 6.07) is 6.79. The van der Waals surface area contributed by atoms with E-state index < -0.39 is 18.9 Å². The first kappa shape index (κ1) is 19.4. The molecule has 0 saturated heterocycles. The second-order valence-corrected chi connectivity index (χ2v) is 6.09. The molecule has 2 N–H and O–H groups in total. The van der Waals surface area contributed by atoms with Gasteiger partial charge in [0, 0.05) is 12.6 Å². The van der Waals surface area contributed by atoms with Crippen LogP contribution in [0, 0.1) is 0 Å². The fourth-order valence-electron chi connectivity index (χ4n) is 2.80. The van der Waals surface area contributed by atoms with Gasteiger partial charge in [-0.05, 0) is 43.4 Å². The van der Waals surface area contributed by atoms with Gasteiger partial charge in [-0.2, -0.15) is 13.2 Å². The summed E-state index contributed by atoms with van der Waals surface area (Å²) in [5.41, 5.74) is 0.922. The van der Waals surface area contributed by atoms with Crippen LogP contribution >= 0.6 is 0 Å². The molecule has 140 valence electrons. The van der Waals surface area contributed by atoms with Crippen LogP contribution in [0.25, 0.3) is 0 Å². The van der Waals surface area contributed by atoms with Crippen LogP contribution in [0.5, 0.6) is 5.75 Å². The van der Waals surface area contributed by atoms with Crippen molar-refractivity contribution in [2.45, 2.75) is 50.6 Å². The highest BCUT2D eigenvalue weighted by molar-refractivity contribution is 5.74. The Bertz CT molecular complexity index is 549. The molecule has 2 amide bonds. The summed E-state index contributed by atoms with van der Waals surface area (Å²) >= 11 is 0. The zero-order chi connectivity index (χ0) is 18.3. The minimum absolute atomic E-state index is 0.178. The Morgan fingerprint density at radius 1 is 1.24 bits per heavy atom. The van der Waals surface area contributed by atoms with E-state index in [2.05, 4.69) is 10.6 Å². The second-order valence-electron chi connectivity index (χ2n) is 6.09. The molecule has 2 rings (SSSR count). The van der Waals surface area contributed by atoms with Crippen molar-refractivity contribution >= 4 is 6.03 Å². The standard InChI is InChI=1S/C17H23F3N2O3/c1-24-14-7-5-12(6-8-14)10-21-16(23)22-13-3-2-4-15(9-13)25-11-17(18,19)20/h5-8,13,15H,2-4,9-11H2,1H3,(H2,21,22,23). The van der Waals surface area contributed by atoms with E-state index in [0.29, 0.717) is 19.4 Å². The van der Waals surface area contributed by atoms with E-state index in [0.717, 1.165) is 24.2 Å². The first-order valence-corrected chi connectivity index (χ1v) is 8.21. The molecule has 0 aliphatic heterocycles. The fraction of sp³-hybridized carbons (Fsp3) is 0.588. The van der Waals surface area contributed by atoms with Crippen LogP contribution in [0.2, 0.25) is 0 Å². The molecular formula is C17H23F3N2O3. The Morgan fingerprint density at radius 3 is 2.60 bits per heavy atom. The molecule has 1 aliphatic carbocycles. The van der Waals surface area contributed by atoms with Gasteiger partial charge in [0.15, 0.2) is 0 Å². The summed E-state index contributed by atoms with van der Waals surface area (Å²) < 4.78 is 46.6. The predicted octanol–water partition coefficient (Wildman–Crippen LogP) is 3.38. The number of urea groups is 1. The molecular weight excluding hydrogens is 337 g/mol. The third-order valence-electron chi connectivity index (χ3n) is 4.06. The highest BCUT2D eigenvalue weighted by Crippen LogP contribution is 2.24. The Labute approximate surface area is 144 Å². The Morgan fingerprint density at radius 2 is 1.96 bits per heavy atom. The van der Waals surface area contributed by atoms with E-state index in [1.165, 1.54) is 0 Å². The molecule has 25 heavy (non-hydrogen) atoms. The number of nitrogens with one attached hydrogen (secondary N) is 2. The number of ether oxygens (including phenoxy) is 2. The molecule has 8 heteroatoms. The van der Waals surface area contributed by atoms with Crippen LogP contribution in [0.3, 0.4) is 0 Å². The molecule has 1 aromatic carbocycles. The molecule has 1 aliphatic rings. The number of carbonyl (C=O) groups excluding carboxylic acids is 1. The van der Waals surface area contributed by atoms with E-state index >= 15 is 0 Å². The molecule has 1 aromatic rings. The first-order valence-electron chi connectivity index (χ1n) is 8.21. The van der Waals surface area contributed by atoms with Gasteiger partial charge in [-0.15, -0.1) is 0 Å². The number of hydrogen-bond donors (Lipinski definition) is 2. The largest absolute Gasteiger partial charge is 0.497 e. The third kappa shape index (κ3) is 7.21. The molecule has 5 nitrogen and oxygen atoms in total. The third-order valence-corrected chi connectivity index (χ3v) is 4.06.